The molecule has 1 aromatic heterocycles. The molecule has 0 unspecified atom stereocenters. The second-order valence-corrected chi connectivity index (χ2v) is 6.93. The molecule has 2 aromatic carbocycles. The van der Waals surface area contributed by atoms with E-state index >= 15 is 0 Å². The summed E-state index contributed by atoms with van der Waals surface area (Å²) in [5, 5.41) is 5.61. The van der Waals surface area contributed by atoms with Gasteiger partial charge < -0.3 is 10.1 Å². The van der Waals surface area contributed by atoms with Crippen molar-refractivity contribution in [1.29, 1.82) is 0 Å². The zero-order valence-corrected chi connectivity index (χ0v) is 15.1. The van der Waals surface area contributed by atoms with E-state index in [0.717, 1.165) is 26.6 Å². The summed E-state index contributed by atoms with van der Waals surface area (Å²) in [6.45, 7) is 0.405. The van der Waals surface area contributed by atoms with E-state index in [9.17, 15) is 4.79 Å². The van der Waals surface area contributed by atoms with Gasteiger partial charge in [0.2, 0.25) is 5.91 Å². The van der Waals surface area contributed by atoms with Crippen molar-refractivity contribution >= 4 is 38.9 Å². The van der Waals surface area contributed by atoms with Crippen LogP contribution in [-0.2, 0) is 17.8 Å². The molecule has 6 heteroatoms. The molecule has 4 nitrogen and oxygen atoms in total. The first kappa shape index (κ1) is 16.7. The van der Waals surface area contributed by atoms with Crippen molar-refractivity contribution in [3.05, 3.63) is 75.2 Å². The fourth-order valence-corrected chi connectivity index (χ4v) is 3.20. The van der Waals surface area contributed by atoms with Gasteiger partial charge in [-0.3, -0.25) is 4.79 Å². The van der Waals surface area contributed by atoms with Gasteiger partial charge in [0, 0.05) is 15.5 Å². The Morgan fingerprint density at radius 2 is 2.00 bits per heavy atom. The molecule has 122 valence electrons. The van der Waals surface area contributed by atoms with E-state index in [4.69, 9.17) is 4.74 Å². The van der Waals surface area contributed by atoms with Crippen LogP contribution in [0.1, 0.15) is 10.7 Å². The number of ether oxygens (including phenoxy) is 1. The molecule has 3 rings (SSSR count). The summed E-state index contributed by atoms with van der Waals surface area (Å²) in [6.07, 6.45) is 0.244. The van der Waals surface area contributed by atoms with E-state index in [1.807, 2.05) is 60.0 Å². The Morgan fingerprint density at radius 3 is 2.79 bits per heavy atom. The summed E-state index contributed by atoms with van der Waals surface area (Å²) in [5.41, 5.74) is 1.51. The number of rotatable bonds is 6. The van der Waals surface area contributed by atoms with Crippen molar-refractivity contribution in [3.8, 4) is 5.75 Å². The fraction of sp³-hybridized carbons (Fsp3) is 0.111. The summed E-state index contributed by atoms with van der Waals surface area (Å²) < 4.78 is 6.59. The van der Waals surface area contributed by atoms with Crippen molar-refractivity contribution in [2.24, 2.45) is 0 Å². The Bertz CT molecular complexity index is 821. The third kappa shape index (κ3) is 4.91. The normalized spacial score (nSPS) is 10.4. The molecule has 24 heavy (non-hydrogen) atoms. The maximum absolute atomic E-state index is 12.1. The Labute approximate surface area is 152 Å². The molecule has 0 spiro atoms. The first-order valence-corrected chi connectivity index (χ1v) is 9.03. The van der Waals surface area contributed by atoms with E-state index in [1.165, 1.54) is 11.3 Å². The molecule has 0 bridgehead atoms. The second-order valence-electron chi connectivity index (χ2n) is 5.07. The number of benzene rings is 2. The van der Waals surface area contributed by atoms with Gasteiger partial charge in [0.05, 0.1) is 12.1 Å². The van der Waals surface area contributed by atoms with Crippen molar-refractivity contribution in [2.75, 3.05) is 5.32 Å². The number of thiazole rings is 1. The monoisotopic (exact) mass is 402 g/mol. The number of hydrogen-bond donors (Lipinski definition) is 1. The molecular weight excluding hydrogens is 388 g/mol. The summed E-state index contributed by atoms with van der Waals surface area (Å²) in [5.74, 6) is 0.718. The predicted molar refractivity (Wildman–Crippen MR) is 99.4 cm³/mol. The summed E-state index contributed by atoms with van der Waals surface area (Å²) in [6, 6.07) is 17.1. The van der Waals surface area contributed by atoms with Crippen molar-refractivity contribution in [2.45, 2.75) is 13.0 Å². The highest BCUT2D eigenvalue weighted by atomic mass is 79.9. The molecule has 0 aliphatic rings. The van der Waals surface area contributed by atoms with Crippen molar-refractivity contribution in [1.82, 2.24) is 4.98 Å². The zero-order valence-electron chi connectivity index (χ0n) is 12.7. The first-order valence-electron chi connectivity index (χ1n) is 7.35. The summed E-state index contributed by atoms with van der Waals surface area (Å²) in [7, 11) is 0. The van der Waals surface area contributed by atoms with Crippen LogP contribution in [0.2, 0.25) is 0 Å². The van der Waals surface area contributed by atoms with E-state index in [0.29, 0.717) is 6.61 Å². The molecule has 0 atom stereocenters. The molecule has 0 aliphatic heterocycles. The number of nitrogens with zero attached hydrogens (tertiary/aromatic N) is 1. The molecule has 0 radical (unpaired) electrons. The number of nitrogens with one attached hydrogen (secondary N) is 1. The topological polar surface area (TPSA) is 51.2 Å². The Hall–Kier alpha value is -2.18. The van der Waals surface area contributed by atoms with Crippen molar-refractivity contribution < 1.29 is 9.53 Å². The van der Waals surface area contributed by atoms with Crippen LogP contribution in [0.4, 0.5) is 5.69 Å². The molecule has 3 aromatic rings. The highest BCUT2D eigenvalue weighted by Crippen LogP contribution is 2.17. The minimum absolute atomic E-state index is 0.0890. The Kier molecular flexibility index (Phi) is 5.61. The number of para-hydroxylation sites is 1. The SMILES string of the molecule is O=C(Cc1csc(COc2ccccc2)n1)Nc1cccc(Br)c1. The van der Waals surface area contributed by atoms with Gasteiger partial charge in [0.25, 0.3) is 0 Å². The van der Waals surface area contributed by atoms with E-state index in [1.54, 1.807) is 0 Å². The first-order chi connectivity index (χ1) is 11.7. The number of carbonyl (C=O) groups excluding carboxylic acids is 1. The van der Waals surface area contributed by atoms with Gasteiger partial charge in [-0.05, 0) is 30.3 Å². The molecule has 1 N–H and O–H groups in total. The van der Waals surface area contributed by atoms with Crippen molar-refractivity contribution in [3.63, 3.8) is 0 Å². The Morgan fingerprint density at radius 1 is 1.17 bits per heavy atom. The summed E-state index contributed by atoms with van der Waals surface area (Å²) >= 11 is 4.88. The van der Waals surface area contributed by atoms with Gasteiger partial charge in [-0.2, -0.15) is 0 Å². The average Bonchev–Trinajstić information content (AvgIpc) is 3.01. The van der Waals surface area contributed by atoms with Gasteiger partial charge in [-0.1, -0.05) is 40.2 Å². The third-order valence-corrected chi connectivity index (χ3v) is 4.52. The average molecular weight is 403 g/mol. The van der Waals surface area contributed by atoms with E-state index < -0.39 is 0 Å². The lowest BCUT2D eigenvalue weighted by atomic mass is 10.3. The number of anilines is 1. The predicted octanol–water partition coefficient (Wildman–Crippen LogP) is 4.67. The van der Waals surface area contributed by atoms with Crippen LogP contribution in [0.3, 0.4) is 0 Å². The van der Waals surface area contributed by atoms with Crippen LogP contribution in [0.5, 0.6) is 5.75 Å². The molecule has 0 fully saturated rings. The number of aromatic nitrogens is 1. The lowest BCUT2D eigenvalue weighted by Gasteiger charge is -2.04. The molecule has 0 saturated carbocycles. The molecule has 0 aliphatic carbocycles. The summed E-state index contributed by atoms with van der Waals surface area (Å²) in [4.78, 5) is 16.5. The standard InChI is InChI=1S/C18H15BrN2O2S/c19-13-5-4-6-14(9-13)20-17(22)10-15-12-24-18(21-15)11-23-16-7-2-1-3-8-16/h1-9,12H,10-11H2,(H,20,22). The van der Waals surface area contributed by atoms with Gasteiger partial charge in [0.1, 0.15) is 17.4 Å². The third-order valence-electron chi connectivity index (χ3n) is 3.15. The van der Waals surface area contributed by atoms with Crippen LogP contribution < -0.4 is 10.1 Å². The largest absolute Gasteiger partial charge is 0.486 e. The minimum Gasteiger partial charge on any atom is -0.486 e. The fourth-order valence-electron chi connectivity index (χ4n) is 2.09. The van der Waals surface area contributed by atoms with Crippen LogP contribution in [0.25, 0.3) is 0 Å². The number of amides is 1. The van der Waals surface area contributed by atoms with Gasteiger partial charge in [-0.25, -0.2) is 4.98 Å². The minimum atomic E-state index is -0.0890. The van der Waals surface area contributed by atoms with Gasteiger partial charge >= 0.3 is 0 Å². The van der Waals surface area contributed by atoms with Gasteiger partial charge in [-0.15, -0.1) is 11.3 Å². The molecular formula is C18H15BrN2O2S. The quantitative estimate of drug-likeness (QED) is 0.651. The zero-order chi connectivity index (χ0) is 16.8. The maximum atomic E-state index is 12.1. The smallest absolute Gasteiger partial charge is 0.230 e. The number of carbonyl (C=O) groups is 1. The highest BCUT2D eigenvalue weighted by molar-refractivity contribution is 9.10. The van der Waals surface area contributed by atoms with Crippen LogP contribution in [-0.4, -0.2) is 10.9 Å². The molecule has 1 amide bonds. The highest BCUT2D eigenvalue weighted by Gasteiger charge is 2.09. The van der Waals surface area contributed by atoms with Crippen LogP contribution in [0, 0.1) is 0 Å². The maximum Gasteiger partial charge on any atom is 0.230 e. The van der Waals surface area contributed by atoms with Crippen LogP contribution >= 0.6 is 27.3 Å². The molecule has 0 saturated heterocycles. The van der Waals surface area contributed by atoms with Gasteiger partial charge in [0.15, 0.2) is 0 Å². The molecule has 1 heterocycles. The number of halogens is 1. The Balaban J connectivity index is 1.53. The number of hydrogen-bond acceptors (Lipinski definition) is 4. The van der Waals surface area contributed by atoms with Crippen LogP contribution in [0.15, 0.2) is 64.5 Å². The lowest BCUT2D eigenvalue weighted by Crippen LogP contribution is -2.14. The van der Waals surface area contributed by atoms with E-state index in [-0.39, 0.29) is 12.3 Å². The lowest BCUT2D eigenvalue weighted by molar-refractivity contribution is -0.115. The second kappa shape index (κ2) is 8.08. The van der Waals surface area contributed by atoms with E-state index in [2.05, 4.69) is 26.2 Å².